The summed E-state index contributed by atoms with van der Waals surface area (Å²) in [6.07, 6.45) is 12.2. The minimum Gasteiger partial charge on any atom is -0.358 e. The van der Waals surface area contributed by atoms with E-state index >= 15 is 0 Å². The highest BCUT2D eigenvalue weighted by atomic mass is 32.1. The SMILES string of the molecule is C=C(/C=C/C1=C(S)C(=C/C=C2/Nc3ccc4ccccc4c3C2(C)C)/CCC1)C(C)(C)c1c(C)ccc2ccccc12. The molecule has 0 atom stereocenters. The van der Waals surface area contributed by atoms with Gasteiger partial charge >= 0.3 is 0 Å². The molecule has 0 unspecified atom stereocenters. The van der Waals surface area contributed by atoms with Crippen molar-refractivity contribution in [2.45, 2.75) is 64.7 Å². The van der Waals surface area contributed by atoms with E-state index in [0.717, 1.165) is 29.7 Å². The second-order valence-corrected chi connectivity index (χ2v) is 13.4. The first-order chi connectivity index (χ1) is 20.1. The fraction of sp³-hybridized carbons (Fsp3) is 0.250. The lowest BCUT2D eigenvalue weighted by Gasteiger charge is -2.30. The molecule has 0 aromatic heterocycles. The molecule has 0 amide bonds. The second kappa shape index (κ2) is 10.8. The van der Waals surface area contributed by atoms with Crippen LogP contribution in [0, 0.1) is 6.92 Å². The molecule has 0 fully saturated rings. The smallest absolute Gasteiger partial charge is 0.0430 e. The number of benzene rings is 4. The topological polar surface area (TPSA) is 12.0 Å². The van der Waals surface area contributed by atoms with E-state index in [1.807, 2.05) is 0 Å². The molecular weight excluding hydrogens is 527 g/mol. The summed E-state index contributed by atoms with van der Waals surface area (Å²) in [5.41, 5.74) is 9.86. The predicted octanol–water partition coefficient (Wildman–Crippen LogP) is 11.3. The number of hydrogen-bond donors (Lipinski definition) is 2. The fourth-order valence-electron chi connectivity index (χ4n) is 6.94. The summed E-state index contributed by atoms with van der Waals surface area (Å²) < 4.78 is 0. The van der Waals surface area contributed by atoms with Crippen molar-refractivity contribution in [1.82, 2.24) is 0 Å². The molecule has 0 saturated heterocycles. The summed E-state index contributed by atoms with van der Waals surface area (Å²) in [7, 11) is 0. The number of fused-ring (bicyclic) bond motifs is 4. The summed E-state index contributed by atoms with van der Waals surface area (Å²) in [5.74, 6) is 0. The van der Waals surface area contributed by atoms with Crippen molar-refractivity contribution in [1.29, 1.82) is 0 Å². The lowest BCUT2D eigenvalue weighted by molar-refractivity contribution is 0.643. The normalized spacial score (nSPS) is 18.8. The average Bonchev–Trinajstić information content (AvgIpc) is 3.25. The van der Waals surface area contributed by atoms with Crippen LogP contribution in [0.2, 0.25) is 0 Å². The predicted molar refractivity (Wildman–Crippen MR) is 187 cm³/mol. The molecule has 1 N–H and O–H groups in total. The summed E-state index contributed by atoms with van der Waals surface area (Å²) in [4.78, 5) is 1.10. The van der Waals surface area contributed by atoms with Gasteiger partial charge in [0.15, 0.2) is 0 Å². The third kappa shape index (κ3) is 4.86. The number of allylic oxidation sites excluding steroid dienone is 8. The lowest BCUT2D eigenvalue weighted by Crippen LogP contribution is -2.20. The number of anilines is 1. The van der Waals surface area contributed by atoms with Crippen molar-refractivity contribution < 1.29 is 0 Å². The Bertz CT molecular complexity index is 1860. The summed E-state index contributed by atoms with van der Waals surface area (Å²) in [6, 6.07) is 26.2. The Labute approximate surface area is 256 Å². The first kappa shape index (κ1) is 28.4. The van der Waals surface area contributed by atoms with Crippen LogP contribution in [0.4, 0.5) is 5.69 Å². The van der Waals surface area contributed by atoms with Crippen molar-refractivity contribution in [3.8, 4) is 0 Å². The third-order valence-corrected chi connectivity index (χ3v) is 10.1. The van der Waals surface area contributed by atoms with E-state index in [0.29, 0.717) is 0 Å². The monoisotopic (exact) mass is 567 g/mol. The standard InChI is InChI=1S/C40H41NS/c1-26-18-20-28-12-7-9-16-32(28)36(26)39(3,4)27(2)19-21-30-14-11-15-31(38(30)42)23-25-35-40(5,6)37-33-17-10-8-13-29(33)22-24-34(37)41-35/h7-10,12-13,16-25,41-42H,2,11,14-15H2,1,3-6H3/b21-19+,31-23+,35-25+. The maximum absolute atomic E-state index is 5.06. The van der Waals surface area contributed by atoms with E-state index in [-0.39, 0.29) is 10.8 Å². The molecule has 1 heterocycles. The number of rotatable bonds is 5. The average molecular weight is 568 g/mol. The number of hydrogen-bond acceptors (Lipinski definition) is 2. The van der Waals surface area contributed by atoms with Gasteiger partial charge in [-0.15, -0.1) is 12.6 Å². The molecule has 1 nitrogen and oxygen atoms in total. The van der Waals surface area contributed by atoms with E-state index in [9.17, 15) is 0 Å². The van der Waals surface area contributed by atoms with Crippen LogP contribution in [0.5, 0.6) is 0 Å². The van der Waals surface area contributed by atoms with Crippen molar-refractivity contribution in [3.63, 3.8) is 0 Å². The minimum atomic E-state index is -0.199. The minimum absolute atomic E-state index is 0.103. The van der Waals surface area contributed by atoms with Crippen LogP contribution in [0.3, 0.4) is 0 Å². The molecule has 1 aliphatic carbocycles. The van der Waals surface area contributed by atoms with E-state index in [4.69, 9.17) is 12.6 Å². The zero-order valence-electron chi connectivity index (χ0n) is 25.5. The maximum Gasteiger partial charge on any atom is 0.0430 e. The molecule has 212 valence electrons. The third-order valence-electron chi connectivity index (χ3n) is 9.50. The molecular formula is C40H41NS. The molecule has 4 aromatic rings. The van der Waals surface area contributed by atoms with E-state index in [1.165, 1.54) is 60.8 Å². The molecule has 6 rings (SSSR count). The summed E-state index contributed by atoms with van der Waals surface area (Å²) in [6.45, 7) is 16.0. The van der Waals surface area contributed by atoms with E-state index in [1.54, 1.807) is 0 Å². The van der Waals surface area contributed by atoms with Gasteiger partial charge in [-0.25, -0.2) is 0 Å². The van der Waals surface area contributed by atoms with Gasteiger partial charge in [-0.2, -0.15) is 0 Å². The highest BCUT2D eigenvalue weighted by Gasteiger charge is 2.36. The Kier molecular flexibility index (Phi) is 7.31. The number of aryl methyl sites for hydroxylation is 1. The highest BCUT2D eigenvalue weighted by Crippen LogP contribution is 2.47. The van der Waals surface area contributed by atoms with Crippen LogP contribution >= 0.6 is 12.6 Å². The quantitative estimate of drug-likeness (QED) is 0.180. The molecule has 0 saturated carbocycles. The van der Waals surface area contributed by atoms with E-state index < -0.39 is 0 Å². The number of thiol groups is 1. The molecule has 2 heteroatoms. The second-order valence-electron chi connectivity index (χ2n) is 12.9. The molecule has 4 aromatic carbocycles. The Hall–Kier alpha value is -3.75. The van der Waals surface area contributed by atoms with Gasteiger partial charge in [0, 0.05) is 27.1 Å². The van der Waals surface area contributed by atoms with Gasteiger partial charge in [0.25, 0.3) is 0 Å². The Balaban J connectivity index is 1.28. The van der Waals surface area contributed by atoms with Crippen LogP contribution in [-0.4, -0.2) is 0 Å². The fourth-order valence-corrected chi connectivity index (χ4v) is 7.31. The first-order valence-corrected chi connectivity index (χ1v) is 15.5. The van der Waals surface area contributed by atoms with Gasteiger partial charge in [-0.05, 0) is 93.3 Å². The Morgan fingerprint density at radius 2 is 1.55 bits per heavy atom. The van der Waals surface area contributed by atoms with Gasteiger partial charge in [0.05, 0.1) is 0 Å². The Morgan fingerprint density at radius 1 is 0.881 bits per heavy atom. The van der Waals surface area contributed by atoms with Crippen LogP contribution < -0.4 is 5.32 Å². The van der Waals surface area contributed by atoms with Gasteiger partial charge in [-0.3, -0.25) is 0 Å². The Morgan fingerprint density at radius 3 is 2.31 bits per heavy atom. The summed E-state index contributed by atoms with van der Waals surface area (Å²) >= 11 is 5.06. The van der Waals surface area contributed by atoms with Crippen molar-refractivity contribution in [3.05, 3.63) is 148 Å². The zero-order chi connectivity index (χ0) is 29.6. The first-order valence-electron chi connectivity index (χ1n) is 15.1. The zero-order valence-corrected chi connectivity index (χ0v) is 26.4. The van der Waals surface area contributed by atoms with Crippen LogP contribution in [0.25, 0.3) is 21.5 Å². The van der Waals surface area contributed by atoms with Gasteiger partial charge in [0.1, 0.15) is 0 Å². The largest absolute Gasteiger partial charge is 0.358 e. The lowest BCUT2D eigenvalue weighted by atomic mass is 9.74. The molecule has 42 heavy (non-hydrogen) atoms. The molecule has 0 radical (unpaired) electrons. The van der Waals surface area contributed by atoms with E-state index in [2.05, 4.69) is 144 Å². The molecule has 1 aliphatic heterocycles. The molecule has 0 bridgehead atoms. The van der Waals surface area contributed by atoms with Crippen molar-refractivity contribution in [2.24, 2.45) is 0 Å². The van der Waals surface area contributed by atoms with Gasteiger partial charge in [0.2, 0.25) is 0 Å². The van der Waals surface area contributed by atoms with Gasteiger partial charge < -0.3 is 5.32 Å². The van der Waals surface area contributed by atoms with Crippen LogP contribution in [0.1, 0.15) is 63.6 Å². The van der Waals surface area contributed by atoms with Crippen LogP contribution in [-0.2, 0) is 10.8 Å². The summed E-state index contributed by atoms with van der Waals surface area (Å²) in [5, 5.41) is 8.91. The highest BCUT2D eigenvalue weighted by molar-refractivity contribution is 7.84. The van der Waals surface area contributed by atoms with Crippen LogP contribution in [0.15, 0.2) is 131 Å². The maximum atomic E-state index is 5.06. The number of nitrogens with one attached hydrogen (secondary N) is 1. The van der Waals surface area contributed by atoms with Gasteiger partial charge in [-0.1, -0.05) is 119 Å². The molecule has 2 aliphatic rings. The van der Waals surface area contributed by atoms with Crippen molar-refractivity contribution in [2.75, 3.05) is 5.32 Å². The van der Waals surface area contributed by atoms with Crippen molar-refractivity contribution >= 4 is 39.9 Å². The molecule has 0 spiro atoms.